The predicted molar refractivity (Wildman–Crippen MR) is 68.5 cm³/mol. The number of sulfonamides is 1. The van der Waals surface area contributed by atoms with Gasteiger partial charge in [0, 0.05) is 5.69 Å². The maximum Gasteiger partial charge on any atom is 0.262 e. The zero-order valence-corrected chi connectivity index (χ0v) is 10.7. The molecule has 0 bridgehead atoms. The van der Waals surface area contributed by atoms with Crippen LogP contribution in [0.15, 0.2) is 35.2 Å². The van der Waals surface area contributed by atoms with Gasteiger partial charge in [-0.1, -0.05) is 0 Å². The molecule has 0 radical (unpaired) electrons. The van der Waals surface area contributed by atoms with Crippen molar-refractivity contribution in [3.63, 3.8) is 0 Å². The smallest absolute Gasteiger partial charge is 0.262 e. The van der Waals surface area contributed by atoms with E-state index >= 15 is 0 Å². The molecule has 17 heavy (non-hydrogen) atoms. The van der Waals surface area contributed by atoms with Crippen molar-refractivity contribution in [3.05, 3.63) is 36.0 Å². The van der Waals surface area contributed by atoms with Crippen LogP contribution in [0.1, 0.15) is 5.69 Å². The fourth-order valence-corrected chi connectivity index (χ4v) is 3.18. The second-order valence-corrected chi connectivity index (χ2v) is 5.99. The van der Waals surface area contributed by atoms with Gasteiger partial charge in [-0.3, -0.25) is 4.72 Å². The van der Waals surface area contributed by atoms with Crippen LogP contribution in [0.3, 0.4) is 0 Å². The normalized spacial score (nSPS) is 11.4. The van der Waals surface area contributed by atoms with Gasteiger partial charge >= 0.3 is 0 Å². The van der Waals surface area contributed by atoms with E-state index in [-0.39, 0.29) is 4.90 Å². The van der Waals surface area contributed by atoms with Crippen LogP contribution < -0.4 is 10.5 Å². The van der Waals surface area contributed by atoms with Gasteiger partial charge in [0.2, 0.25) is 0 Å². The highest BCUT2D eigenvalue weighted by molar-refractivity contribution is 7.93. The number of hydrogen-bond donors (Lipinski definition) is 2. The molecule has 0 amide bonds. The highest BCUT2D eigenvalue weighted by Gasteiger charge is 2.14. The first-order valence-electron chi connectivity index (χ1n) is 4.79. The van der Waals surface area contributed by atoms with Gasteiger partial charge in [0.15, 0.2) is 0 Å². The van der Waals surface area contributed by atoms with Gasteiger partial charge in [-0.2, -0.15) is 4.37 Å². The molecule has 2 rings (SSSR count). The van der Waals surface area contributed by atoms with E-state index in [0.29, 0.717) is 10.7 Å². The lowest BCUT2D eigenvalue weighted by atomic mass is 10.3. The Morgan fingerprint density at radius 2 is 1.94 bits per heavy atom. The Kier molecular flexibility index (Phi) is 3.03. The third kappa shape index (κ3) is 2.75. The molecule has 0 aliphatic rings. The van der Waals surface area contributed by atoms with Crippen LogP contribution in [0.2, 0.25) is 0 Å². The molecule has 0 spiro atoms. The molecule has 0 saturated carbocycles. The zero-order valence-electron chi connectivity index (χ0n) is 9.04. The second-order valence-electron chi connectivity index (χ2n) is 3.51. The van der Waals surface area contributed by atoms with E-state index in [1.54, 1.807) is 25.1 Å². The molecule has 7 heteroatoms. The lowest BCUT2D eigenvalue weighted by Gasteiger charge is -2.05. The third-order valence-electron chi connectivity index (χ3n) is 2.05. The van der Waals surface area contributed by atoms with Crippen molar-refractivity contribution < 1.29 is 8.42 Å². The number of nitrogens with zero attached hydrogens (tertiary/aromatic N) is 1. The molecule has 5 nitrogen and oxygen atoms in total. The van der Waals surface area contributed by atoms with Crippen LogP contribution in [-0.4, -0.2) is 12.8 Å². The number of nitrogen functional groups attached to an aromatic ring is 1. The predicted octanol–water partition coefficient (Wildman–Crippen LogP) is 1.83. The molecule has 0 unspecified atom stereocenters. The number of nitrogens with two attached hydrogens (primary N) is 1. The molecule has 1 aromatic heterocycles. The summed E-state index contributed by atoms with van der Waals surface area (Å²) < 4.78 is 30.4. The Morgan fingerprint density at radius 1 is 1.29 bits per heavy atom. The average molecular weight is 269 g/mol. The maximum atomic E-state index is 11.9. The van der Waals surface area contributed by atoms with Gasteiger partial charge in [-0.25, -0.2) is 8.42 Å². The average Bonchev–Trinajstić information content (AvgIpc) is 2.63. The van der Waals surface area contributed by atoms with Gasteiger partial charge in [-0.05, 0) is 48.8 Å². The number of anilines is 2. The molecule has 0 atom stereocenters. The number of nitrogens with one attached hydrogen (secondary N) is 1. The Balaban J connectivity index is 2.28. The summed E-state index contributed by atoms with van der Waals surface area (Å²) in [6.07, 6.45) is 0. The van der Waals surface area contributed by atoms with Crippen LogP contribution in [0.4, 0.5) is 10.7 Å². The van der Waals surface area contributed by atoms with E-state index in [2.05, 4.69) is 9.10 Å². The molecule has 90 valence electrons. The highest BCUT2D eigenvalue weighted by Crippen LogP contribution is 2.21. The number of aryl methyl sites for hydroxylation is 1. The van der Waals surface area contributed by atoms with Crippen LogP contribution in [0, 0.1) is 6.92 Å². The summed E-state index contributed by atoms with van der Waals surface area (Å²) in [5.41, 5.74) is 6.81. The monoisotopic (exact) mass is 269 g/mol. The molecular weight excluding hydrogens is 258 g/mol. The number of benzene rings is 1. The van der Waals surface area contributed by atoms with E-state index in [0.717, 1.165) is 17.2 Å². The van der Waals surface area contributed by atoms with Crippen LogP contribution in [0.5, 0.6) is 0 Å². The van der Waals surface area contributed by atoms with Crippen molar-refractivity contribution in [3.8, 4) is 0 Å². The number of aromatic nitrogens is 1. The molecule has 2 aromatic rings. The summed E-state index contributed by atoms with van der Waals surface area (Å²) in [6.45, 7) is 1.80. The standard InChI is InChI=1S/C10H11N3O2S2/c1-7-6-10(16-12-7)13-17(14,15)9-4-2-8(11)3-5-9/h2-6,13H,11H2,1H3. The van der Waals surface area contributed by atoms with Crippen LogP contribution in [-0.2, 0) is 10.0 Å². The molecule has 0 saturated heterocycles. The van der Waals surface area contributed by atoms with Gasteiger partial charge in [0.05, 0.1) is 10.6 Å². The van der Waals surface area contributed by atoms with Crippen molar-refractivity contribution in [2.24, 2.45) is 0 Å². The van der Waals surface area contributed by atoms with E-state index in [1.165, 1.54) is 12.1 Å². The van der Waals surface area contributed by atoms with Gasteiger partial charge in [0.1, 0.15) is 5.00 Å². The fourth-order valence-electron chi connectivity index (χ4n) is 1.25. The van der Waals surface area contributed by atoms with E-state index < -0.39 is 10.0 Å². The van der Waals surface area contributed by atoms with E-state index in [9.17, 15) is 8.42 Å². The van der Waals surface area contributed by atoms with Crippen molar-refractivity contribution in [2.75, 3.05) is 10.5 Å². The Hall–Kier alpha value is -1.60. The second kappa shape index (κ2) is 4.34. The molecule has 3 N–H and O–H groups in total. The minimum Gasteiger partial charge on any atom is -0.399 e. The third-order valence-corrected chi connectivity index (χ3v) is 4.36. The van der Waals surface area contributed by atoms with Gasteiger partial charge in [0.25, 0.3) is 10.0 Å². The lowest BCUT2D eigenvalue weighted by molar-refractivity contribution is 0.601. The number of hydrogen-bond acceptors (Lipinski definition) is 5. The van der Waals surface area contributed by atoms with Crippen molar-refractivity contribution in [1.82, 2.24) is 4.37 Å². The minimum atomic E-state index is -3.55. The molecule has 0 aliphatic heterocycles. The summed E-state index contributed by atoms with van der Waals surface area (Å²) in [6, 6.07) is 7.70. The van der Waals surface area contributed by atoms with Crippen molar-refractivity contribution >= 4 is 32.2 Å². The first kappa shape index (κ1) is 11.9. The van der Waals surface area contributed by atoms with E-state index in [4.69, 9.17) is 5.73 Å². The van der Waals surface area contributed by atoms with E-state index in [1.807, 2.05) is 0 Å². The molecular formula is C10H11N3O2S2. The van der Waals surface area contributed by atoms with Gasteiger partial charge in [-0.15, -0.1) is 0 Å². The minimum absolute atomic E-state index is 0.178. The molecule has 0 fully saturated rings. The summed E-state index contributed by atoms with van der Waals surface area (Å²) in [5.74, 6) is 0. The summed E-state index contributed by atoms with van der Waals surface area (Å²) in [4.78, 5) is 0.178. The molecule has 1 aromatic carbocycles. The van der Waals surface area contributed by atoms with Crippen molar-refractivity contribution in [1.29, 1.82) is 0 Å². The Labute approximate surface area is 104 Å². The van der Waals surface area contributed by atoms with Gasteiger partial charge < -0.3 is 5.73 Å². The number of rotatable bonds is 3. The molecule has 0 aliphatic carbocycles. The quantitative estimate of drug-likeness (QED) is 0.832. The fraction of sp³-hybridized carbons (Fsp3) is 0.100. The van der Waals surface area contributed by atoms with Crippen LogP contribution in [0.25, 0.3) is 0 Å². The Bertz CT molecular complexity index is 617. The Morgan fingerprint density at radius 3 is 2.47 bits per heavy atom. The first-order chi connectivity index (χ1) is 7.97. The summed E-state index contributed by atoms with van der Waals surface area (Å²) in [5, 5.41) is 0.499. The summed E-state index contributed by atoms with van der Waals surface area (Å²) >= 11 is 1.11. The highest BCUT2D eigenvalue weighted by atomic mass is 32.2. The van der Waals surface area contributed by atoms with Crippen molar-refractivity contribution in [2.45, 2.75) is 11.8 Å². The van der Waals surface area contributed by atoms with Crippen LogP contribution >= 0.6 is 11.5 Å². The summed E-state index contributed by atoms with van der Waals surface area (Å²) in [7, 11) is -3.55. The maximum absolute atomic E-state index is 11.9. The SMILES string of the molecule is Cc1cc(NS(=O)(=O)c2ccc(N)cc2)sn1. The lowest BCUT2D eigenvalue weighted by Crippen LogP contribution is -2.11. The zero-order chi connectivity index (χ0) is 12.5. The first-order valence-corrected chi connectivity index (χ1v) is 7.05. The largest absolute Gasteiger partial charge is 0.399 e. The molecule has 1 heterocycles. The topological polar surface area (TPSA) is 85.1 Å².